The molecule has 4 rings (SSSR count). The van der Waals surface area contributed by atoms with Crippen molar-refractivity contribution in [3.8, 4) is 10.4 Å². The first-order valence-electron chi connectivity index (χ1n) is 9.41. The first-order chi connectivity index (χ1) is 13.6. The van der Waals surface area contributed by atoms with Crippen molar-refractivity contribution in [2.75, 3.05) is 4.90 Å². The summed E-state index contributed by atoms with van der Waals surface area (Å²) in [5, 5.41) is 9.80. The number of rotatable bonds is 6. The number of carbonyl (C=O) groups is 2. The van der Waals surface area contributed by atoms with Gasteiger partial charge in [0, 0.05) is 10.8 Å². The highest BCUT2D eigenvalue weighted by molar-refractivity contribution is 7.18. The molecule has 1 amide bonds. The third-order valence-electron chi connectivity index (χ3n) is 5.16. The Morgan fingerprint density at radius 1 is 1.00 bits per heavy atom. The summed E-state index contributed by atoms with van der Waals surface area (Å²) in [7, 11) is 0. The van der Waals surface area contributed by atoms with E-state index >= 15 is 0 Å². The Morgan fingerprint density at radius 2 is 1.64 bits per heavy atom. The molecule has 5 heteroatoms. The molecule has 142 valence electrons. The first-order valence-corrected chi connectivity index (χ1v) is 10.2. The van der Waals surface area contributed by atoms with E-state index in [2.05, 4.69) is 0 Å². The van der Waals surface area contributed by atoms with Crippen LogP contribution in [0.1, 0.15) is 34.5 Å². The molecular formula is C23H21NO3S. The molecule has 0 spiro atoms. The van der Waals surface area contributed by atoms with Gasteiger partial charge < -0.3 is 10.0 Å². The summed E-state index contributed by atoms with van der Waals surface area (Å²) in [6.45, 7) is 0.376. The van der Waals surface area contributed by atoms with Gasteiger partial charge in [-0.3, -0.25) is 4.79 Å². The van der Waals surface area contributed by atoms with Gasteiger partial charge in [0.2, 0.25) is 5.91 Å². The third-order valence-corrected chi connectivity index (χ3v) is 6.32. The maximum atomic E-state index is 13.2. The van der Waals surface area contributed by atoms with Crippen molar-refractivity contribution in [1.82, 2.24) is 0 Å². The molecule has 3 aromatic rings. The third kappa shape index (κ3) is 3.71. The van der Waals surface area contributed by atoms with Gasteiger partial charge >= 0.3 is 5.97 Å². The van der Waals surface area contributed by atoms with E-state index in [4.69, 9.17) is 0 Å². The number of thiophene rings is 1. The number of amides is 1. The van der Waals surface area contributed by atoms with Gasteiger partial charge in [0.25, 0.3) is 0 Å². The lowest BCUT2D eigenvalue weighted by molar-refractivity contribution is -0.124. The van der Waals surface area contributed by atoms with Crippen LogP contribution in [0, 0.1) is 5.92 Å². The minimum Gasteiger partial charge on any atom is -0.477 e. The molecule has 4 nitrogen and oxygen atoms in total. The molecule has 1 N–H and O–H groups in total. The molecule has 1 saturated carbocycles. The average Bonchev–Trinajstić information content (AvgIpc) is 3.11. The fourth-order valence-corrected chi connectivity index (χ4v) is 4.41. The zero-order valence-corrected chi connectivity index (χ0v) is 16.2. The van der Waals surface area contributed by atoms with Crippen molar-refractivity contribution in [2.45, 2.75) is 25.8 Å². The minimum atomic E-state index is -0.998. The van der Waals surface area contributed by atoms with Gasteiger partial charge in [-0.15, -0.1) is 11.3 Å². The van der Waals surface area contributed by atoms with E-state index in [1.165, 1.54) is 11.3 Å². The molecule has 1 aliphatic carbocycles. The number of anilines is 1. The minimum absolute atomic E-state index is 0.00886. The summed E-state index contributed by atoms with van der Waals surface area (Å²) in [4.78, 5) is 27.9. The Hall–Kier alpha value is -2.92. The quantitative estimate of drug-likeness (QED) is 0.608. The van der Waals surface area contributed by atoms with Crippen LogP contribution in [-0.2, 0) is 11.3 Å². The highest BCUT2D eigenvalue weighted by Crippen LogP contribution is 2.39. The summed E-state index contributed by atoms with van der Waals surface area (Å²) in [5.41, 5.74) is 2.44. The average molecular weight is 391 g/mol. The number of carboxylic acid groups (broad SMARTS) is 1. The number of hydrogen-bond acceptors (Lipinski definition) is 3. The molecule has 2 aromatic carbocycles. The molecular weight excluding hydrogens is 370 g/mol. The first kappa shape index (κ1) is 18.4. The predicted octanol–water partition coefficient (Wildman–Crippen LogP) is 5.45. The molecule has 0 bridgehead atoms. The maximum absolute atomic E-state index is 13.2. The van der Waals surface area contributed by atoms with E-state index in [0.29, 0.717) is 12.2 Å². The van der Waals surface area contributed by atoms with Crippen LogP contribution in [-0.4, -0.2) is 17.0 Å². The number of hydrogen-bond donors (Lipinski definition) is 1. The molecule has 1 aliphatic rings. The van der Waals surface area contributed by atoms with Gasteiger partial charge in [-0.1, -0.05) is 67.1 Å². The molecule has 0 atom stereocenters. The predicted molar refractivity (Wildman–Crippen MR) is 112 cm³/mol. The fraction of sp³-hybridized carbons (Fsp3) is 0.217. The summed E-state index contributed by atoms with van der Waals surface area (Å²) in [6.07, 6.45) is 2.81. The van der Waals surface area contributed by atoms with Crippen LogP contribution in [0.3, 0.4) is 0 Å². The zero-order valence-electron chi connectivity index (χ0n) is 15.4. The van der Waals surface area contributed by atoms with E-state index in [1.807, 2.05) is 66.7 Å². The Kier molecular flexibility index (Phi) is 5.26. The second-order valence-electron chi connectivity index (χ2n) is 7.03. The summed E-state index contributed by atoms with van der Waals surface area (Å²) in [5.74, 6) is -0.984. The van der Waals surface area contributed by atoms with Crippen molar-refractivity contribution in [3.63, 3.8) is 0 Å². The highest BCUT2D eigenvalue weighted by Gasteiger charge is 2.33. The Bertz CT molecular complexity index is 978. The molecule has 1 aromatic heterocycles. The largest absolute Gasteiger partial charge is 0.477 e. The number of benzene rings is 2. The molecule has 0 aliphatic heterocycles. The maximum Gasteiger partial charge on any atom is 0.348 e. The monoisotopic (exact) mass is 391 g/mol. The van der Waals surface area contributed by atoms with Crippen molar-refractivity contribution in [3.05, 3.63) is 77.2 Å². The van der Waals surface area contributed by atoms with Gasteiger partial charge in [-0.2, -0.15) is 0 Å². The van der Waals surface area contributed by atoms with Crippen molar-refractivity contribution < 1.29 is 14.7 Å². The van der Waals surface area contributed by atoms with Gasteiger partial charge in [0.15, 0.2) is 0 Å². The second kappa shape index (κ2) is 7.98. The lowest BCUT2D eigenvalue weighted by Gasteiger charge is -2.31. The van der Waals surface area contributed by atoms with Crippen LogP contribution < -0.4 is 4.90 Å². The number of nitrogens with zero attached hydrogens (tertiary/aromatic N) is 1. The highest BCUT2D eigenvalue weighted by atomic mass is 32.1. The Labute approximate surface area is 168 Å². The van der Waals surface area contributed by atoms with E-state index in [9.17, 15) is 14.7 Å². The van der Waals surface area contributed by atoms with Crippen LogP contribution in [0.5, 0.6) is 0 Å². The van der Waals surface area contributed by atoms with E-state index < -0.39 is 5.97 Å². The van der Waals surface area contributed by atoms with Gasteiger partial charge in [-0.05, 0) is 30.0 Å². The summed E-state index contributed by atoms with van der Waals surface area (Å²) < 4.78 is 0. The summed E-state index contributed by atoms with van der Waals surface area (Å²) in [6, 6.07) is 21.3. The lowest BCUT2D eigenvalue weighted by atomic mass is 9.84. The van der Waals surface area contributed by atoms with Gasteiger partial charge in [0.05, 0.1) is 12.2 Å². The topological polar surface area (TPSA) is 57.6 Å². The van der Waals surface area contributed by atoms with E-state index in [1.54, 1.807) is 4.90 Å². The van der Waals surface area contributed by atoms with Crippen molar-refractivity contribution in [2.24, 2.45) is 5.92 Å². The molecule has 1 fully saturated rings. The normalized spacial score (nSPS) is 13.7. The molecule has 0 radical (unpaired) electrons. The Morgan fingerprint density at radius 3 is 2.21 bits per heavy atom. The molecule has 0 saturated heterocycles. The SMILES string of the molecule is O=C(O)c1sc(-c2ccccc2)cc1N(Cc1ccccc1)C(=O)C1CCC1. The Balaban J connectivity index is 1.77. The number of carbonyl (C=O) groups excluding carboxylic acids is 1. The zero-order chi connectivity index (χ0) is 19.5. The standard InChI is InChI=1S/C23H21NO3S/c25-22(18-12-7-13-18)24(15-16-8-3-1-4-9-16)19-14-20(28-21(19)23(26)27)17-10-5-2-6-11-17/h1-6,8-11,14,18H,7,12-13,15H2,(H,26,27). The van der Waals surface area contributed by atoms with Crippen LogP contribution in [0.15, 0.2) is 66.7 Å². The second-order valence-corrected chi connectivity index (χ2v) is 8.09. The number of carboxylic acids is 1. The molecule has 28 heavy (non-hydrogen) atoms. The van der Waals surface area contributed by atoms with Crippen LogP contribution in [0.25, 0.3) is 10.4 Å². The lowest BCUT2D eigenvalue weighted by Crippen LogP contribution is -2.39. The van der Waals surface area contributed by atoms with E-state index in [-0.39, 0.29) is 16.7 Å². The van der Waals surface area contributed by atoms with Gasteiger partial charge in [0.1, 0.15) is 4.88 Å². The molecule has 0 unspecified atom stereocenters. The van der Waals surface area contributed by atoms with Crippen molar-refractivity contribution in [1.29, 1.82) is 0 Å². The summed E-state index contributed by atoms with van der Waals surface area (Å²) >= 11 is 1.22. The van der Waals surface area contributed by atoms with Crippen LogP contribution >= 0.6 is 11.3 Å². The van der Waals surface area contributed by atoms with E-state index in [0.717, 1.165) is 35.3 Å². The fourth-order valence-electron chi connectivity index (χ4n) is 3.40. The van der Waals surface area contributed by atoms with Crippen LogP contribution in [0.2, 0.25) is 0 Å². The van der Waals surface area contributed by atoms with Gasteiger partial charge in [-0.25, -0.2) is 4.79 Å². The number of aromatic carboxylic acids is 1. The smallest absolute Gasteiger partial charge is 0.348 e. The molecule has 1 heterocycles. The van der Waals surface area contributed by atoms with Crippen LogP contribution in [0.4, 0.5) is 5.69 Å². The van der Waals surface area contributed by atoms with Crippen molar-refractivity contribution >= 4 is 28.9 Å².